The number of hydrogen-bond donors (Lipinski definition) is 1. The van der Waals surface area contributed by atoms with E-state index in [-0.39, 0.29) is 5.92 Å². The fourth-order valence-electron chi connectivity index (χ4n) is 2.68. The first-order valence-electron chi connectivity index (χ1n) is 8.39. The molecule has 1 N–H and O–H groups in total. The van der Waals surface area contributed by atoms with E-state index in [9.17, 15) is 8.42 Å². The van der Waals surface area contributed by atoms with Gasteiger partial charge in [0.25, 0.3) is 0 Å². The van der Waals surface area contributed by atoms with Crippen LogP contribution in [0.1, 0.15) is 32.3 Å². The minimum absolute atomic E-state index is 0.102. The summed E-state index contributed by atoms with van der Waals surface area (Å²) in [7, 11) is -3.23. The molecule has 0 unspecified atom stereocenters. The van der Waals surface area contributed by atoms with Crippen LogP contribution >= 0.6 is 0 Å². The van der Waals surface area contributed by atoms with Gasteiger partial charge >= 0.3 is 0 Å². The van der Waals surface area contributed by atoms with Gasteiger partial charge < -0.3 is 4.57 Å². The molecule has 0 saturated carbocycles. The van der Waals surface area contributed by atoms with Crippen molar-refractivity contribution in [1.29, 1.82) is 0 Å². The van der Waals surface area contributed by atoms with Gasteiger partial charge in [-0.2, -0.15) is 0 Å². The van der Waals surface area contributed by atoms with Crippen molar-refractivity contribution in [2.75, 3.05) is 6.54 Å². The van der Waals surface area contributed by atoms with E-state index in [2.05, 4.69) is 26.4 Å². The van der Waals surface area contributed by atoms with E-state index in [1.165, 1.54) is 0 Å². The van der Waals surface area contributed by atoms with Crippen molar-refractivity contribution in [3.05, 3.63) is 60.4 Å². The van der Waals surface area contributed by atoms with Gasteiger partial charge in [-0.3, -0.25) is 4.98 Å². The molecule has 3 rings (SSSR count). The molecule has 0 radical (unpaired) electrons. The number of benzene rings is 1. The first kappa shape index (κ1) is 17.6. The van der Waals surface area contributed by atoms with Gasteiger partial charge in [0.1, 0.15) is 0 Å². The third-order valence-electron chi connectivity index (χ3n) is 4.41. The lowest BCUT2D eigenvalue weighted by atomic mass is 10.0. The Morgan fingerprint density at radius 3 is 2.48 bits per heavy atom. The zero-order valence-corrected chi connectivity index (χ0v) is 15.5. The summed E-state index contributed by atoms with van der Waals surface area (Å²) in [6, 6.07) is 14.2. The summed E-state index contributed by atoms with van der Waals surface area (Å²) in [5.41, 5.74) is 4.18. The van der Waals surface area contributed by atoms with Crippen LogP contribution in [0.2, 0.25) is 0 Å². The maximum Gasteiger partial charge on any atom is 0.213 e. The topological polar surface area (TPSA) is 64.0 Å². The third kappa shape index (κ3) is 3.75. The zero-order valence-electron chi connectivity index (χ0n) is 14.7. The Hall–Kier alpha value is -2.18. The lowest BCUT2D eigenvalue weighted by Gasteiger charge is -2.15. The van der Waals surface area contributed by atoms with Gasteiger partial charge in [-0.25, -0.2) is 13.1 Å². The van der Waals surface area contributed by atoms with E-state index in [1.807, 2.05) is 43.5 Å². The van der Waals surface area contributed by atoms with Gasteiger partial charge in [-0.1, -0.05) is 19.1 Å². The van der Waals surface area contributed by atoms with Crippen molar-refractivity contribution in [2.45, 2.75) is 31.9 Å². The Bertz CT molecular complexity index is 960. The van der Waals surface area contributed by atoms with Crippen LogP contribution < -0.4 is 4.72 Å². The van der Waals surface area contributed by atoms with E-state index < -0.39 is 15.3 Å². The van der Waals surface area contributed by atoms with Crippen LogP contribution in [-0.4, -0.2) is 29.8 Å². The highest BCUT2D eigenvalue weighted by atomic mass is 32.2. The van der Waals surface area contributed by atoms with Crippen molar-refractivity contribution < 1.29 is 8.42 Å². The minimum Gasteiger partial charge on any atom is -0.315 e. The van der Waals surface area contributed by atoms with Gasteiger partial charge in [-0.05, 0) is 55.7 Å². The smallest absolute Gasteiger partial charge is 0.213 e. The van der Waals surface area contributed by atoms with Crippen molar-refractivity contribution >= 4 is 21.1 Å². The molecule has 0 saturated heterocycles. The molecule has 25 heavy (non-hydrogen) atoms. The molecule has 3 aromatic rings. The number of aromatic nitrogens is 2. The maximum atomic E-state index is 11.9. The first-order valence-corrected chi connectivity index (χ1v) is 9.94. The lowest BCUT2D eigenvalue weighted by Crippen LogP contribution is -2.33. The predicted octanol–water partition coefficient (Wildman–Crippen LogP) is 3.46. The molecule has 0 amide bonds. The molecule has 5 nitrogen and oxygen atoms in total. The Morgan fingerprint density at radius 1 is 1.08 bits per heavy atom. The number of pyridine rings is 1. The first-order chi connectivity index (χ1) is 11.9. The molecule has 2 aromatic heterocycles. The summed E-state index contributed by atoms with van der Waals surface area (Å²) in [6.45, 7) is 5.78. The highest BCUT2D eigenvalue weighted by Gasteiger charge is 2.17. The number of hydrogen-bond acceptors (Lipinski definition) is 3. The maximum absolute atomic E-state index is 11.9. The van der Waals surface area contributed by atoms with Gasteiger partial charge in [0.15, 0.2) is 0 Å². The molecule has 0 spiro atoms. The fraction of sp³-hybridized carbons (Fsp3) is 0.316. The second kappa shape index (κ2) is 6.98. The molecule has 1 aromatic carbocycles. The molecule has 0 bridgehead atoms. The zero-order chi connectivity index (χ0) is 18.0. The molecule has 0 fully saturated rings. The van der Waals surface area contributed by atoms with Gasteiger partial charge in [0.05, 0.1) is 16.3 Å². The van der Waals surface area contributed by atoms with Crippen molar-refractivity contribution in [2.24, 2.45) is 0 Å². The molecule has 0 aliphatic rings. The number of rotatable bonds is 6. The third-order valence-corrected chi connectivity index (χ3v) is 6.22. The molecule has 0 aliphatic carbocycles. The number of nitrogens with zero attached hydrogens (tertiary/aromatic N) is 2. The van der Waals surface area contributed by atoms with Gasteiger partial charge in [0, 0.05) is 24.6 Å². The standard InChI is InChI=1S/C19H23N3O2S/c1-14(2)25(23,24)21-13-15(3)16-6-8-17(9-7-16)22-12-10-18-19(22)5-4-11-20-18/h4-12,14-15,21H,13H2,1-3H3/t15-/m0/s1. The van der Waals surface area contributed by atoms with Crippen molar-refractivity contribution in [3.63, 3.8) is 0 Å². The monoisotopic (exact) mass is 357 g/mol. The average molecular weight is 357 g/mol. The van der Waals surface area contributed by atoms with E-state index in [0.29, 0.717) is 6.54 Å². The molecule has 6 heteroatoms. The second-order valence-corrected chi connectivity index (χ2v) is 8.85. The highest BCUT2D eigenvalue weighted by molar-refractivity contribution is 7.90. The van der Waals surface area contributed by atoms with Gasteiger partial charge in [0.2, 0.25) is 10.0 Å². The second-order valence-electron chi connectivity index (χ2n) is 6.53. The number of sulfonamides is 1. The Kier molecular flexibility index (Phi) is 4.92. The van der Waals surface area contributed by atoms with E-state index >= 15 is 0 Å². The Morgan fingerprint density at radius 2 is 1.80 bits per heavy atom. The number of nitrogens with one attached hydrogen (secondary N) is 1. The largest absolute Gasteiger partial charge is 0.315 e. The van der Waals surface area contributed by atoms with E-state index in [1.54, 1.807) is 20.0 Å². The predicted molar refractivity (Wildman–Crippen MR) is 102 cm³/mol. The van der Waals surface area contributed by atoms with Crippen LogP contribution in [-0.2, 0) is 10.0 Å². The fourth-order valence-corrected chi connectivity index (χ4v) is 3.50. The Balaban J connectivity index is 1.76. The summed E-state index contributed by atoms with van der Waals surface area (Å²) in [5, 5.41) is -0.419. The normalized spacial score (nSPS) is 13.4. The summed E-state index contributed by atoms with van der Waals surface area (Å²) >= 11 is 0. The van der Waals surface area contributed by atoms with Crippen molar-refractivity contribution in [3.8, 4) is 5.69 Å². The van der Waals surface area contributed by atoms with E-state index in [0.717, 1.165) is 22.3 Å². The molecule has 2 heterocycles. The minimum atomic E-state index is -3.23. The molecule has 132 valence electrons. The SMILES string of the molecule is CC(C)S(=O)(=O)NC[C@H](C)c1ccc(-n2ccc3ncccc32)cc1. The highest BCUT2D eigenvalue weighted by Crippen LogP contribution is 2.21. The van der Waals surface area contributed by atoms with Crippen LogP contribution in [0.3, 0.4) is 0 Å². The molecule has 1 atom stereocenters. The summed E-state index contributed by atoms with van der Waals surface area (Å²) in [6.07, 6.45) is 3.79. The summed E-state index contributed by atoms with van der Waals surface area (Å²) < 4.78 is 28.5. The quantitative estimate of drug-likeness (QED) is 0.735. The number of fused-ring (bicyclic) bond motifs is 1. The van der Waals surface area contributed by atoms with Crippen LogP contribution in [0.15, 0.2) is 54.9 Å². The Labute approximate surface area is 148 Å². The summed E-state index contributed by atoms with van der Waals surface area (Å²) in [5.74, 6) is 0.102. The van der Waals surface area contributed by atoms with Crippen LogP contribution in [0.25, 0.3) is 16.7 Å². The van der Waals surface area contributed by atoms with Crippen molar-refractivity contribution in [1.82, 2.24) is 14.3 Å². The molecular weight excluding hydrogens is 334 g/mol. The average Bonchev–Trinajstić information content (AvgIpc) is 3.04. The van der Waals surface area contributed by atoms with Crippen LogP contribution in [0.5, 0.6) is 0 Å². The van der Waals surface area contributed by atoms with E-state index in [4.69, 9.17) is 0 Å². The molecule has 0 aliphatic heterocycles. The van der Waals surface area contributed by atoms with Crippen LogP contribution in [0, 0.1) is 0 Å². The van der Waals surface area contributed by atoms with Crippen LogP contribution in [0.4, 0.5) is 0 Å². The van der Waals surface area contributed by atoms with Gasteiger partial charge in [-0.15, -0.1) is 0 Å². The lowest BCUT2D eigenvalue weighted by molar-refractivity contribution is 0.566. The molecular formula is C19H23N3O2S. The summed E-state index contributed by atoms with van der Waals surface area (Å²) in [4.78, 5) is 4.35.